The number of methoxy groups -OCH3 is 3. The summed E-state index contributed by atoms with van der Waals surface area (Å²) in [6.45, 7) is 0.829. The third-order valence-corrected chi connectivity index (χ3v) is 6.05. The molecule has 3 rings (SSSR count). The second kappa shape index (κ2) is 10.8. The SMILES string of the molecule is COc1cc([C@@H]2O[C@@H](C)[C@H](O)[C@@H](O)[C@H]2O)c(O[C@@H]2O[C@H](CO)[C@@H](O)[C@H](O)[C@H]2O)c(OC)c1OC. The Balaban J connectivity index is 2.13. The third-order valence-electron chi connectivity index (χ3n) is 6.05. The van der Waals surface area contributed by atoms with Gasteiger partial charge in [0.2, 0.25) is 17.8 Å². The summed E-state index contributed by atoms with van der Waals surface area (Å²) in [5.41, 5.74) is 0.0803. The number of aliphatic hydroxyl groups excluding tert-OH is 7. The molecule has 34 heavy (non-hydrogen) atoms. The molecule has 7 N–H and O–H groups in total. The van der Waals surface area contributed by atoms with Crippen molar-refractivity contribution < 1.29 is 64.2 Å². The maximum Gasteiger partial charge on any atom is 0.229 e. The number of ether oxygens (including phenoxy) is 6. The first-order valence-corrected chi connectivity index (χ1v) is 10.6. The zero-order valence-electron chi connectivity index (χ0n) is 19.1. The molecule has 2 heterocycles. The van der Waals surface area contributed by atoms with Crippen molar-refractivity contribution in [1.82, 2.24) is 0 Å². The van der Waals surface area contributed by atoms with Crippen molar-refractivity contribution >= 4 is 0 Å². The lowest BCUT2D eigenvalue weighted by Gasteiger charge is -2.42. The van der Waals surface area contributed by atoms with Crippen molar-refractivity contribution in [1.29, 1.82) is 0 Å². The number of hydrogen-bond donors (Lipinski definition) is 7. The zero-order chi connectivity index (χ0) is 25.3. The maximum atomic E-state index is 10.7. The molecule has 13 heteroatoms. The molecule has 0 unspecified atom stereocenters. The smallest absolute Gasteiger partial charge is 0.229 e. The van der Waals surface area contributed by atoms with Gasteiger partial charge in [-0.1, -0.05) is 0 Å². The molecule has 2 fully saturated rings. The van der Waals surface area contributed by atoms with E-state index in [2.05, 4.69) is 0 Å². The highest BCUT2D eigenvalue weighted by molar-refractivity contribution is 5.63. The highest BCUT2D eigenvalue weighted by Crippen LogP contribution is 2.51. The summed E-state index contributed by atoms with van der Waals surface area (Å²) in [7, 11) is 3.99. The molecule has 0 saturated carbocycles. The lowest BCUT2D eigenvalue weighted by molar-refractivity contribution is -0.278. The van der Waals surface area contributed by atoms with E-state index in [1.807, 2.05) is 0 Å². The van der Waals surface area contributed by atoms with Crippen LogP contribution in [0.4, 0.5) is 0 Å². The molecule has 0 aliphatic carbocycles. The van der Waals surface area contributed by atoms with Crippen molar-refractivity contribution in [3.05, 3.63) is 11.6 Å². The number of rotatable bonds is 7. The van der Waals surface area contributed by atoms with Gasteiger partial charge in [0.25, 0.3) is 0 Å². The molecular formula is C21H32O13. The molecule has 0 bridgehead atoms. The molecule has 0 aromatic heterocycles. The lowest BCUT2D eigenvalue weighted by atomic mass is 9.90. The van der Waals surface area contributed by atoms with Crippen LogP contribution in [0.5, 0.6) is 23.0 Å². The van der Waals surface area contributed by atoms with Crippen molar-refractivity contribution in [2.45, 2.75) is 68.1 Å². The summed E-state index contributed by atoms with van der Waals surface area (Å²) >= 11 is 0. The molecule has 0 amide bonds. The molecule has 1 aromatic rings. The Bertz CT molecular complexity index is 833. The first-order valence-electron chi connectivity index (χ1n) is 10.6. The van der Waals surface area contributed by atoms with E-state index in [4.69, 9.17) is 28.4 Å². The molecule has 13 nitrogen and oxygen atoms in total. The predicted molar refractivity (Wildman–Crippen MR) is 112 cm³/mol. The van der Waals surface area contributed by atoms with Crippen LogP contribution in [0, 0.1) is 0 Å². The summed E-state index contributed by atoms with van der Waals surface area (Å²) in [6.07, 6.45) is -14.6. The summed E-state index contributed by atoms with van der Waals surface area (Å²) in [6, 6.07) is 1.39. The van der Waals surface area contributed by atoms with Crippen molar-refractivity contribution in [2.75, 3.05) is 27.9 Å². The van der Waals surface area contributed by atoms with E-state index in [-0.39, 0.29) is 28.6 Å². The van der Waals surface area contributed by atoms with Crippen LogP contribution in [0.2, 0.25) is 0 Å². The average molecular weight is 492 g/mol. The first kappa shape index (κ1) is 26.7. The van der Waals surface area contributed by atoms with E-state index in [1.54, 1.807) is 0 Å². The maximum absolute atomic E-state index is 10.7. The summed E-state index contributed by atoms with van der Waals surface area (Å²) < 4.78 is 33.2. The molecule has 2 aliphatic rings. The Morgan fingerprint density at radius 1 is 0.735 bits per heavy atom. The van der Waals surface area contributed by atoms with E-state index < -0.39 is 67.8 Å². The molecule has 194 valence electrons. The van der Waals surface area contributed by atoms with E-state index in [1.165, 1.54) is 34.3 Å². The van der Waals surface area contributed by atoms with Crippen molar-refractivity contribution in [3.63, 3.8) is 0 Å². The van der Waals surface area contributed by atoms with Crippen molar-refractivity contribution in [3.8, 4) is 23.0 Å². The van der Waals surface area contributed by atoms with Gasteiger partial charge in [0, 0.05) is 5.56 Å². The van der Waals surface area contributed by atoms with Gasteiger partial charge in [-0.25, -0.2) is 0 Å². The normalized spacial score (nSPS) is 38.3. The number of hydrogen-bond acceptors (Lipinski definition) is 13. The van der Waals surface area contributed by atoms with Gasteiger partial charge in [-0.05, 0) is 13.0 Å². The second-order valence-corrected chi connectivity index (χ2v) is 8.11. The minimum atomic E-state index is -1.74. The van der Waals surface area contributed by atoms with Crippen LogP contribution < -0.4 is 18.9 Å². The fraction of sp³-hybridized carbons (Fsp3) is 0.714. The Kier molecular flexibility index (Phi) is 8.44. The highest BCUT2D eigenvalue weighted by Gasteiger charge is 2.48. The Morgan fingerprint density at radius 2 is 1.35 bits per heavy atom. The molecule has 2 aliphatic heterocycles. The minimum absolute atomic E-state index is 0.0575. The standard InChI is InChI=1S/C21H32O13/c1-7-11(23)13(25)15(27)17(32-7)8-5-9(29-2)19(30-3)20(31-4)18(8)34-21-16(28)14(26)12(24)10(6-22)33-21/h5,7,10-17,21-28H,6H2,1-4H3/t7-,10+,11-,12+,13+,14-,15+,16+,17-,21-/m0/s1. The predicted octanol–water partition coefficient (Wildman–Crippen LogP) is -2.57. The summed E-state index contributed by atoms with van der Waals surface area (Å²) in [4.78, 5) is 0. The van der Waals surface area contributed by atoms with E-state index in [0.29, 0.717) is 0 Å². The number of benzene rings is 1. The third kappa shape index (κ3) is 4.63. The second-order valence-electron chi connectivity index (χ2n) is 8.11. The topological polar surface area (TPSA) is 197 Å². The Morgan fingerprint density at radius 3 is 1.91 bits per heavy atom. The van der Waals surface area contributed by atoms with E-state index in [0.717, 1.165) is 0 Å². The minimum Gasteiger partial charge on any atom is -0.493 e. The van der Waals surface area contributed by atoms with Gasteiger partial charge in [0.15, 0.2) is 11.5 Å². The van der Waals surface area contributed by atoms with Gasteiger partial charge in [-0.3, -0.25) is 0 Å². The van der Waals surface area contributed by atoms with Gasteiger partial charge >= 0.3 is 0 Å². The van der Waals surface area contributed by atoms with Crippen LogP contribution in [0.3, 0.4) is 0 Å². The van der Waals surface area contributed by atoms with Gasteiger partial charge < -0.3 is 64.2 Å². The lowest BCUT2D eigenvalue weighted by Crippen LogP contribution is -2.60. The molecule has 1 aromatic carbocycles. The van der Waals surface area contributed by atoms with Crippen LogP contribution in [-0.4, -0.2) is 119 Å². The van der Waals surface area contributed by atoms with Crippen LogP contribution in [0.1, 0.15) is 18.6 Å². The largest absolute Gasteiger partial charge is 0.493 e. The highest BCUT2D eigenvalue weighted by atomic mass is 16.7. The molecule has 2 saturated heterocycles. The first-order chi connectivity index (χ1) is 16.1. The molecular weight excluding hydrogens is 460 g/mol. The molecule has 0 radical (unpaired) electrons. The van der Waals surface area contributed by atoms with Crippen LogP contribution in [0.15, 0.2) is 6.07 Å². The zero-order valence-corrected chi connectivity index (χ0v) is 19.1. The van der Waals surface area contributed by atoms with Gasteiger partial charge in [-0.2, -0.15) is 0 Å². The van der Waals surface area contributed by atoms with Crippen LogP contribution in [-0.2, 0) is 9.47 Å². The van der Waals surface area contributed by atoms with E-state index in [9.17, 15) is 35.7 Å². The fourth-order valence-electron chi connectivity index (χ4n) is 4.07. The van der Waals surface area contributed by atoms with Crippen LogP contribution in [0.25, 0.3) is 0 Å². The van der Waals surface area contributed by atoms with E-state index >= 15 is 0 Å². The molecule has 10 atom stereocenters. The molecule has 0 spiro atoms. The Hall–Kier alpha value is -1.94. The average Bonchev–Trinajstić information content (AvgIpc) is 2.84. The Labute approximate surface area is 195 Å². The monoisotopic (exact) mass is 492 g/mol. The number of aliphatic hydroxyl groups is 7. The fourth-order valence-corrected chi connectivity index (χ4v) is 4.07. The summed E-state index contributed by atoms with van der Waals surface area (Å²) in [5, 5.41) is 71.2. The van der Waals surface area contributed by atoms with Gasteiger partial charge in [-0.15, -0.1) is 0 Å². The summed E-state index contributed by atoms with van der Waals surface area (Å²) in [5.74, 6) is 0.00836. The van der Waals surface area contributed by atoms with Gasteiger partial charge in [0.05, 0.1) is 34.0 Å². The quantitative estimate of drug-likeness (QED) is 0.210. The van der Waals surface area contributed by atoms with Gasteiger partial charge in [0.1, 0.15) is 48.8 Å². The van der Waals surface area contributed by atoms with Crippen LogP contribution >= 0.6 is 0 Å². The van der Waals surface area contributed by atoms with Crippen molar-refractivity contribution in [2.24, 2.45) is 0 Å².